The highest BCUT2D eigenvalue weighted by Gasteiger charge is 2.23. The minimum absolute atomic E-state index is 0.103. The van der Waals surface area contributed by atoms with Crippen LogP contribution in [-0.2, 0) is 14.4 Å². The Morgan fingerprint density at radius 3 is 2.56 bits per heavy atom. The molecule has 1 atom stereocenters. The van der Waals surface area contributed by atoms with Gasteiger partial charge in [-0.15, -0.1) is 0 Å². The molecule has 0 bridgehead atoms. The quantitative estimate of drug-likeness (QED) is 0.377. The van der Waals surface area contributed by atoms with Crippen molar-refractivity contribution in [2.45, 2.75) is 44.4 Å². The summed E-state index contributed by atoms with van der Waals surface area (Å²) in [4.78, 5) is 36.0. The van der Waals surface area contributed by atoms with Crippen LogP contribution in [0.2, 0.25) is 0 Å². The van der Waals surface area contributed by atoms with Gasteiger partial charge in [0.1, 0.15) is 11.6 Å². The molecule has 36 heavy (non-hydrogen) atoms. The van der Waals surface area contributed by atoms with E-state index in [1.54, 1.807) is 19.4 Å². The molecule has 2 saturated heterocycles. The minimum atomic E-state index is -0.377. The Bertz CT molecular complexity index is 1010. The average Bonchev–Trinajstić information content (AvgIpc) is 2.93. The van der Waals surface area contributed by atoms with Gasteiger partial charge >= 0.3 is 6.03 Å². The Balaban J connectivity index is 1.17. The van der Waals surface area contributed by atoms with Crippen molar-refractivity contribution in [3.05, 3.63) is 54.2 Å². The van der Waals surface area contributed by atoms with Crippen LogP contribution in [0, 0.1) is 0 Å². The molecule has 0 aliphatic carbocycles. The highest BCUT2D eigenvalue weighted by molar-refractivity contribution is 5.91. The summed E-state index contributed by atoms with van der Waals surface area (Å²) in [5, 5.41) is 6.36. The summed E-state index contributed by atoms with van der Waals surface area (Å²) in [6, 6.07) is 11.2. The molecule has 0 saturated carbocycles. The first-order chi connectivity index (χ1) is 17.6. The van der Waals surface area contributed by atoms with Crippen molar-refractivity contribution in [3.63, 3.8) is 0 Å². The van der Waals surface area contributed by atoms with Crippen molar-refractivity contribution in [1.82, 2.24) is 15.4 Å². The van der Waals surface area contributed by atoms with Gasteiger partial charge in [-0.1, -0.05) is 0 Å². The fourth-order valence-electron chi connectivity index (χ4n) is 4.04. The van der Waals surface area contributed by atoms with Crippen LogP contribution in [0.15, 0.2) is 48.7 Å². The number of anilines is 2. The van der Waals surface area contributed by atoms with Gasteiger partial charge in [-0.25, -0.2) is 20.1 Å². The largest absolute Gasteiger partial charge is 0.497 e. The third-order valence-corrected chi connectivity index (χ3v) is 6.12. The van der Waals surface area contributed by atoms with Gasteiger partial charge in [0.2, 0.25) is 0 Å². The molecular formula is C26H33N5O5. The van der Waals surface area contributed by atoms with E-state index in [0.717, 1.165) is 54.9 Å². The van der Waals surface area contributed by atoms with Crippen molar-refractivity contribution >= 4 is 29.5 Å². The van der Waals surface area contributed by atoms with Crippen LogP contribution in [0.5, 0.6) is 5.75 Å². The SMILES string of the molecule is COc1ccc(NC(=O)N2CCC(Nc3ccc(/C=C/C(=O)NOC4CCCCO4)cn3)CC2)cc1. The summed E-state index contributed by atoms with van der Waals surface area (Å²) in [6.45, 7) is 1.97. The number of hydroxylamine groups is 1. The normalized spacial score (nSPS) is 18.6. The third kappa shape index (κ3) is 7.69. The molecule has 192 valence electrons. The van der Waals surface area contributed by atoms with Crippen LogP contribution in [0.1, 0.15) is 37.7 Å². The lowest BCUT2D eigenvalue weighted by molar-refractivity contribution is -0.198. The Kier molecular flexibility index (Phi) is 9.12. The maximum atomic E-state index is 12.6. The summed E-state index contributed by atoms with van der Waals surface area (Å²) in [6.07, 6.45) is 8.88. The van der Waals surface area contributed by atoms with Crippen LogP contribution in [-0.4, -0.2) is 61.0 Å². The highest BCUT2D eigenvalue weighted by atomic mass is 16.8. The smallest absolute Gasteiger partial charge is 0.321 e. The number of pyridine rings is 1. The van der Waals surface area contributed by atoms with E-state index >= 15 is 0 Å². The molecule has 4 rings (SSSR count). The number of nitrogens with one attached hydrogen (secondary N) is 3. The summed E-state index contributed by atoms with van der Waals surface area (Å²) in [5.74, 6) is 1.16. The van der Waals surface area contributed by atoms with Gasteiger partial charge in [0.05, 0.1) is 7.11 Å². The molecular weight excluding hydrogens is 462 g/mol. The Morgan fingerprint density at radius 1 is 1.08 bits per heavy atom. The Hall–Kier alpha value is -3.63. The van der Waals surface area contributed by atoms with Crippen LogP contribution in [0.4, 0.5) is 16.3 Å². The molecule has 2 fully saturated rings. The average molecular weight is 496 g/mol. The zero-order chi connectivity index (χ0) is 25.2. The molecule has 1 aromatic heterocycles. The number of carbonyl (C=O) groups is 2. The molecule has 2 aromatic rings. The number of ether oxygens (including phenoxy) is 2. The number of rotatable bonds is 8. The van der Waals surface area contributed by atoms with E-state index in [2.05, 4.69) is 21.1 Å². The zero-order valence-electron chi connectivity index (χ0n) is 20.4. The van der Waals surface area contributed by atoms with Gasteiger partial charge in [-0.2, -0.15) is 0 Å². The predicted octanol–water partition coefficient (Wildman–Crippen LogP) is 3.79. The van der Waals surface area contributed by atoms with Gasteiger partial charge < -0.3 is 25.0 Å². The molecule has 10 nitrogen and oxygen atoms in total. The number of carbonyl (C=O) groups excluding carboxylic acids is 2. The number of likely N-dealkylation sites (tertiary alicyclic amines) is 1. The van der Waals surface area contributed by atoms with E-state index < -0.39 is 0 Å². The Labute approximate surface area is 211 Å². The monoisotopic (exact) mass is 495 g/mol. The lowest BCUT2D eigenvalue weighted by Crippen LogP contribution is -2.44. The fraction of sp³-hybridized carbons (Fsp3) is 0.423. The number of benzene rings is 1. The highest BCUT2D eigenvalue weighted by Crippen LogP contribution is 2.19. The van der Waals surface area contributed by atoms with Crippen molar-refractivity contribution in [3.8, 4) is 5.75 Å². The van der Waals surface area contributed by atoms with E-state index in [9.17, 15) is 9.59 Å². The van der Waals surface area contributed by atoms with Crippen LogP contribution >= 0.6 is 0 Å². The number of nitrogens with zero attached hydrogens (tertiary/aromatic N) is 2. The molecule has 1 aromatic carbocycles. The number of hydrogen-bond donors (Lipinski definition) is 3. The summed E-state index contributed by atoms with van der Waals surface area (Å²) < 4.78 is 10.6. The summed E-state index contributed by atoms with van der Waals surface area (Å²) in [7, 11) is 1.61. The zero-order valence-corrected chi connectivity index (χ0v) is 20.4. The van der Waals surface area contributed by atoms with E-state index in [1.807, 2.05) is 41.3 Å². The van der Waals surface area contributed by atoms with Crippen LogP contribution in [0.3, 0.4) is 0 Å². The lowest BCUT2D eigenvalue weighted by Gasteiger charge is -2.32. The van der Waals surface area contributed by atoms with E-state index in [-0.39, 0.29) is 24.3 Å². The van der Waals surface area contributed by atoms with Crippen LogP contribution < -0.4 is 20.9 Å². The predicted molar refractivity (Wildman–Crippen MR) is 136 cm³/mol. The van der Waals surface area contributed by atoms with Crippen molar-refractivity contribution in [1.29, 1.82) is 0 Å². The maximum absolute atomic E-state index is 12.6. The molecule has 2 aliphatic heterocycles. The second kappa shape index (κ2) is 12.9. The molecule has 3 amide bonds. The standard InChI is InChI=1S/C26H33N5O5/c1-34-22-9-7-20(8-10-22)29-26(33)31-15-13-21(14-16-31)28-23-11-5-19(18-27-23)6-12-24(32)30-36-25-4-2-3-17-35-25/h5-12,18,21,25H,2-4,13-17H2,1H3,(H,27,28)(H,29,33)(H,30,32)/b12-6+. The van der Waals surface area contributed by atoms with Gasteiger partial charge in [-0.3, -0.25) is 4.79 Å². The number of amides is 3. The maximum Gasteiger partial charge on any atom is 0.321 e. The molecule has 0 radical (unpaired) electrons. The molecule has 1 unspecified atom stereocenters. The number of urea groups is 1. The van der Waals surface area contributed by atoms with Crippen molar-refractivity contribution in [2.24, 2.45) is 0 Å². The number of piperidine rings is 1. The third-order valence-electron chi connectivity index (χ3n) is 6.12. The van der Waals surface area contributed by atoms with Gasteiger partial charge in [0.15, 0.2) is 6.29 Å². The second-order valence-electron chi connectivity index (χ2n) is 8.75. The van der Waals surface area contributed by atoms with Crippen molar-refractivity contribution in [2.75, 3.05) is 37.4 Å². The number of hydrogen-bond acceptors (Lipinski definition) is 7. The summed E-state index contributed by atoms with van der Waals surface area (Å²) in [5.41, 5.74) is 3.94. The number of aromatic nitrogens is 1. The van der Waals surface area contributed by atoms with E-state index in [0.29, 0.717) is 19.7 Å². The molecule has 3 heterocycles. The molecule has 2 aliphatic rings. The van der Waals surface area contributed by atoms with Crippen molar-refractivity contribution < 1.29 is 23.9 Å². The van der Waals surface area contributed by atoms with E-state index in [4.69, 9.17) is 14.3 Å². The van der Waals surface area contributed by atoms with Crippen LogP contribution in [0.25, 0.3) is 6.08 Å². The first kappa shape index (κ1) is 25.5. The van der Waals surface area contributed by atoms with Gasteiger partial charge in [0.25, 0.3) is 5.91 Å². The lowest BCUT2D eigenvalue weighted by atomic mass is 10.1. The second-order valence-corrected chi connectivity index (χ2v) is 8.75. The molecule has 10 heteroatoms. The topological polar surface area (TPSA) is 114 Å². The summed E-state index contributed by atoms with van der Waals surface area (Å²) >= 11 is 0. The first-order valence-electron chi connectivity index (χ1n) is 12.3. The first-order valence-corrected chi connectivity index (χ1v) is 12.3. The van der Waals surface area contributed by atoms with Gasteiger partial charge in [-0.05, 0) is 73.7 Å². The Morgan fingerprint density at radius 2 is 1.89 bits per heavy atom. The fourth-order valence-corrected chi connectivity index (χ4v) is 4.04. The molecule has 3 N–H and O–H groups in total. The van der Waals surface area contributed by atoms with E-state index in [1.165, 1.54) is 6.08 Å². The minimum Gasteiger partial charge on any atom is -0.497 e. The number of methoxy groups -OCH3 is 1. The molecule has 0 spiro atoms. The van der Waals surface area contributed by atoms with Gasteiger partial charge in [0, 0.05) is 50.1 Å².